The second-order valence-corrected chi connectivity index (χ2v) is 19.6. The Morgan fingerprint density at radius 3 is 1.38 bits per heavy atom. The Labute approximate surface area is 441 Å². The van der Waals surface area contributed by atoms with Crippen molar-refractivity contribution >= 4 is 117 Å². The smallest absolute Gasteiger partial charge is 0.543 e. The predicted octanol–water partition coefficient (Wildman–Crippen LogP) is -8.72. The van der Waals surface area contributed by atoms with Crippen LogP contribution in [0.5, 0.6) is 0 Å². The molecule has 2 fully saturated rings. The van der Waals surface area contributed by atoms with Gasteiger partial charge in [-0.3, -0.25) is 38.6 Å². The molecule has 4 aromatic rings. The molecule has 0 spiro atoms. The van der Waals surface area contributed by atoms with Crippen LogP contribution in [0.15, 0.2) is 67.9 Å². The average Bonchev–Trinajstić information content (AvgIpc) is 4.11. The molecule has 4 aliphatic heterocycles. The molecule has 0 saturated carbocycles. The number of aromatic nitrogens is 8. The van der Waals surface area contributed by atoms with Gasteiger partial charge in [0.05, 0.1) is 23.3 Å². The summed E-state index contributed by atoms with van der Waals surface area (Å²) < 4.78 is 2.88. The first kappa shape index (κ1) is 53.1. The first-order valence-electron chi connectivity index (χ1n) is 18.2. The monoisotopic (exact) mass is 1040 g/mol. The predicted molar refractivity (Wildman–Crippen MR) is 223 cm³/mol. The normalized spacial score (nSPS) is 20.4. The number of carboxylic acid groups (broad SMARTS) is 4. The zero-order chi connectivity index (χ0) is 46.0. The van der Waals surface area contributed by atoms with E-state index in [0.717, 1.165) is 32.5 Å². The van der Waals surface area contributed by atoms with E-state index in [-0.39, 0.29) is 93.5 Å². The van der Waals surface area contributed by atoms with E-state index in [9.17, 15) is 58.8 Å². The van der Waals surface area contributed by atoms with Crippen LogP contribution in [-0.2, 0) is 52.5 Å². The summed E-state index contributed by atoms with van der Waals surface area (Å²) >= 11 is 7.24. The number of nitrogens with zero attached hydrogens (tertiary/aromatic N) is 10. The van der Waals surface area contributed by atoms with Crippen molar-refractivity contribution in [1.82, 2.24) is 60.8 Å². The van der Waals surface area contributed by atoms with Crippen LogP contribution in [0.3, 0.4) is 0 Å². The Kier molecular flexibility index (Phi) is 18.5. The molecule has 8 heterocycles. The van der Waals surface area contributed by atoms with E-state index in [2.05, 4.69) is 41.7 Å². The summed E-state index contributed by atoms with van der Waals surface area (Å²) in [5, 5.41) is 72.5. The number of aliphatic carboxylic acids is 4. The molecule has 0 bridgehead atoms. The van der Waals surface area contributed by atoms with Crippen molar-refractivity contribution < 1.29 is 118 Å². The molecule has 4 amide bonds. The third-order valence-electron chi connectivity index (χ3n) is 9.66. The zero-order valence-electron chi connectivity index (χ0n) is 34.7. The van der Waals surface area contributed by atoms with Gasteiger partial charge < -0.3 is 40.6 Å². The topological polar surface area (TPSA) is 341 Å². The van der Waals surface area contributed by atoms with Gasteiger partial charge in [0.1, 0.15) is 22.8 Å². The van der Waals surface area contributed by atoms with Gasteiger partial charge in [-0.15, -0.1) is 56.4 Å². The number of β-lactam (4-membered cyclic amide) rings is 2. The first-order chi connectivity index (χ1) is 30.6. The summed E-state index contributed by atoms with van der Waals surface area (Å²) in [5.41, 5.74) is 0.471. The molecule has 2 saturated heterocycles. The number of carbonyl (C=O) groups is 8. The van der Waals surface area contributed by atoms with E-state index in [1.807, 2.05) is 0 Å². The second kappa shape index (κ2) is 23.0. The molecule has 4 aromatic heterocycles. The molecule has 4 N–H and O–H groups in total. The number of hydrogen-bond donors (Lipinski definition) is 4. The van der Waals surface area contributed by atoms with Gasteiger partial charge in [0.25, 0.3) is 11.8 Å². The number of tetrazole rings is 2. The fourth-order valence-corrected chi connectivity index (χ4v) is 13.0. The van der Waals surface area contributed by atoms with Gasteiger partial charge in [-0.25, -0.2) is 9.36 Å². The molecule has 0 radical (unpaired) electrons. The van der Waals surface area contributed by atoms with Gasteiger partial charge in [0.15, 0.2) is 11.8 Å². The van der Waals surface area contributed by atoms with Gasteiger partial charge in [0, 0.05) is 46.9 Å². The maximum Gasteiger partial charge on any atom is 1.00 e. The Morgan fingerprint density at radius 2 is 1.09 bits per heavy atom. The number of carboxylic acids is 4. The number of aryl methyl sites for hydroxylation is 2. The molecular weight excluding hydrogens is 1010 g/mol. The van der Waals surface area contributed by atoms with E-state index < -0.39 is 82.2 Å². The number of amides is 4. The molecule has 336 valence electrons. The summed E-state index contributed by atoms with van der Waals surface area (Å²) in [7, 11) is 3.30. The molecule has 66 heavy (non-hydrogen) atoms. The maximum atomic E-state index is 12.7. The molecule has 0 aromatic carbocycles. The maximum absolute atomic E-state index is 12.7. The van der Waals surface area contributed by atoms with Crippen LogP contribution in [0.25, 0.3) is 0 Å². The number of rotatable bonds is 16. The minimum Gasteiger partial charge on any atom is -0.543 e. The Balaban J connectivity index is 0.000000240. The molecular formula is C34H30N12Na2O12S6. The van der Waals surface area contributed by atoms with Crippen molar-refractivity contribution in [2.24, 2.45) is 14.1 Å². The third-order valence-corrected chi connectivity index (χ3v) is 16.4. The van der Waals surface area contributed by atoms with E-state index in [0.29, 0.717) is 31.2 Å². The summed E-state index contributed by atoms with van der Waals surface area (Å²) in [5.74, 6) is -10.4. The number of nitrogens with one attached hydrogen (secondary N) is 2. The van der Waals surface area contributed by atoms with Crippen LogP contribution in [0.1, 0.15) is 21.6 Å². The van der Waals surface area contributed by atoms with Crippen LogP contribution in [0.4, 0.5) is 0 Å². The summed E-state index contributed by atoms with van der Waals surface area (Å²) in [6.45, 7) is 0. The fourth-order valence-electron chi connectivity index (χ4n) is 6.67. The summed E-state index contributed by atoms with van der Waals surface area (Å²) in [6.07, 6.45) is 0. The van der Waals surface area contributed by atoms with E-state index in [1.54, 1.807) is 37.0 Å². The second-order valence-electron chi connectivity index (χ2n) is 13.6. The fraction of sp³-hybridized carbons (Fsp3) is 0.353. The Bertz CT molecular complexity index is 2420. The third kappa shape index (κ3) is 11.0. The number of hydrogen-bond acceptors (Lipinski definition) is 22. The van der Waals surface area contributed by atoms with Gasteiger partial charge in [-0.1, -0.05) is 35.7 Å². The average molecular weight is 1040 g/mol. The van der Waals surface area contributed by atoms with Gasteiger partial charge in [-0.2, -0.15) is 0 Å². The molecule has 6 atom stereocenters. The van der Waals surface area contributed by atoms with Crippen LogP contribution in [0.2, 0.25) is 0 Å². The molecule has 8 rings (SSSR count). The quantitative estimate of drug-likeness (QED) is 0.0350. The number of thiophene rings is 2. The molecule has 32 heteroatoms. The van der Waals surface area contributed by atoms with Gasteiger partial charge in [-0.05, 0) is 54.9 Å². The Morgan fingerprint density at radius 1 is 0.712 bits per heavy atom. The van der Waals surface area contributed by atoms with E-state index in [1.165, 1.54) is 68.5 Å². The molecule has 24 nitrogen and oxygen atoms in total. The van der Waals surface area contributed by atoms with Crippen molar-refractivity contribution in [3.05, 3.63) is 67.3 Å². The Hall–Kier alpha value is -3.82. The summed E-state index contributed by atoms with van der Waals surface area (Å²) in [6, 6.07) is 4.26. The van der Waals surface area contributed by atoms with Gasteiger partial charge >= 0.3 is 71.1 Å². The van der Waals surface area contributed by atoms with Crippen LogP contribution in [0, 0.1) is 0 Å². The molecule has 4 unspecified atom stereocenters. The molecule has 0 aliphatic carbocycles. The number of fused-ring (bicyclic) bond motifs is 2. The van der Waals surface area contributed by atoms with Crippen molar-refractivity contribution in [2.45, 2.75) is 45.0 Å². The summed E-state index contributed by atoms with van der Waals surface area (Å²) in [4.78, 5) is 100. The number of carbonyl (C=O) groups excluding carboxylic acids is 6. The van der Waals surface area contributed by atoms with Crippen LogP contribution < -0.4 is 80.0 Å². The van der Waals surface area contributed by atoms with Gasteiger partial charge in [0.2, 0.25) is 22.1 Å². The van der Waals surface area contributed by atoms with Crippen LogP contribution in [-0.4, -0.2) is 154 Å². The molecule has 4 aliphatic rings. The standard InChI is InChI=1S/2C17H16N6O6S3.2Na/c2*1-22-17(19-20-21-22)32-6-7-5-31-14-10(13(25)23(14)11(7)16(28)29)18-12(24)9(15(26)27)8-3-2-4-30-8;;/h2*2-4,9-10,14H,5-6H2,1H3,(H,18,24)(H,26,27)(H,28,29);;/q;;2*+1/p-2/t2*9?,10?,14-;;/m11../s1. The van der Waals surface area contributed by atoms with Crippen molar-refractivity contribution in [3.8, 4) is 0 Å². The van der Waals surface area contributed by atoms with Crippen molar-refractivity contribution in [3.63, 3.8) is 0 Å². The van der Waals surface area contributed by atoms with Crippen LogP contribution >= 0.6 is 69.7 Å². The number of thioether (sulfide) groups is 4. The first-order valence-corrected chi connectivity index (χ1v) is 24.0. The zero-order valence-corrected chi connectivity index (χ0v) is 43.6. The minimum absolute atomic E-state index is 0. The SMILES string of the molecule is Cn1nnnc1SCC1=C(C(=O)[O-])N2C(=O)C(NC(=O)C(C(=O)O)c3cccs3)[C@H]2SC1.Cn1nnnc1SCC1=C(C(=O)[O-])N2C(=O)C(NC(=O)C(C(=O)O)c3cccs3)[C@H]2SC1.[Na+].[Na+]. The van der Waals surface area contributed by atoms with Crippen molar-refractivity contribution in [2.75, 3.05) is 23.0 Å². The van der Waals surface area contributed by atoms with E-state index >= 15 is 0 Å². The van der Waals surface area contributed by atoms with Crippen molar-refractivity contribution in [1.29, 1.82) is 0 Å². The minimum atomic E-state index is -1.50. The van der Waals surface area contributed by atoms with E-state index in [4.69, 9.17) is 0 Å². The largest absolute Gasteiger partial charge is 1.00 e.